The highest BCUT2D eigenvalue weighted by molar-refractivity contribution is 6.03. The first-order valence-electron chi connectivity index (χ1n) is 14.4. The average Bonchev–Trinajstić information content (AvgIpc) is 3.01. The lowest BCUT2D eigenvalue weighted by Gasteiger charge is -2.26. The minimum Gasteiger partial charge on any atom is -0.373 e. The molecule has 0 radical (unpaired) electrons. The zero-order chi connectivity index (χ0) is 27.7. The second-order valence-electron chi connectivity index (χ2n) is 10.0. The molecule has 0 amide bonds. The Morgan fingerprint density at radius 2 is 1.45 bits per heavy atom. The molecule has 0 aliphatic heterocycles. The summed E-state index contributed by atoms with van der Waals surface area (Å²) in [5.74, 6) is 0. The molecule has 1 heterocycles. The normalized spacial score (nSPS) is 13.3. The Morgan fingerprint density at radius 1 is 0.775 bits per heavy atom. The molecule has 2 heteroatoms. The first kappa shape index (κ1) is 27.1. The summed E-state index contributed by atoms with van der Waals surface area (Å²) >= 11 is 0. The summed E-state index contributed by atoms with van der Waals surface area (Å²) in [6.07, 6.45) is 11.8. The van der Waals surface area contributed by atoms with Crippen molar-refractivity contribution in [2.75, 3.05) is 0 Å². The smallest absolute Gasteiger partial charge is 0.0952 e. The van der Waals surface area contributed by atoms with Crippen molar-refractivity contribution in [3.8, 4) is 11.3 Å². The number of rotatable bonds is 10. The highest BCUT2D eigenvalue weighted by Gasteiger charge is 2.23. The first-order chi connectivity index (χ1) is 19.7. The summed E-state index contributed by atoms with van der Waals surface area (Å²) < 4.78 is 0. The van der Waals surface area contributed by atoms with E-state index in [9.17, 15) is 0 Å². The van der Waals surface area contributed by atoms with E-state index in [1.807, 2.05) is 6.07 Å². The van der Waals surface area contributed by atoms with E-state index < -0.39 is 0 Å². The van der Waals surface area contributed by atoms with Crippen molar-refractivity contribution in [1.29, 1.82) is 0 Å². The molecule has 0 spiro atoms. The van der Waals surface area contributed by atoms with Crippen LogP contribution in [-0.2, 0) is 0 Å². The van der Waals surface area contributed by atoms with Gasteiger partial charge in [-0.25, -0.2) is 0 Å². The fourth-order valence-corrected chi connectivity index (χ4v) is 5.47. The van der Waals surface area contributed by atoms with E-state index in [1.165, 1.54) is 38.4 Å². The minimum absolute atomic E-state index is 0.144. The quantitative estimate of drug-likeness (QED) is 0.112. The van der Waals surface area contributed by atoms with Crippen LogP contribution in [0.5, 0.6) is 0 Å². The van der Waals surface area contributed by atoms with Crippen molar-refractivity contribution in [3.63, 3.8) is 0 Å². The molecular weight excluding hydrogens is 484 g/mol. The van der Waals surface area contributed by atoms with Gasteiger partial charge in [0.2, 0.25) is 0 Å². The number of pyridine rings is 1. The van der Waals surface area contributed by atoms with E-state index in [-0.39, 0.29) is 6.04 Å². The highest BCUT2D eigenvalue weighted by Crippen LogP contribution is 2.37. The molecule has 0 saturated carbocycles. The van der Waals surface area contributed by atoms with Crippen molar-refractivity contribution >= 4 is 21.5 Å². The van der Waals surface area contributed by atoms with Crippen LogP contribution in [0.4, 0.5) is 0 Å². The van der Waals surface area contributed by atoms with E-state index in [4.69, 9.17) is 4.98 Å². The molecule has 5 rings (SSSR count). The molecule has 5 aromatic rings. The van der Waals surface area contributed by atoms with Gasteiger partial charge in [-0.15, -0.1) is 0 Å². The second-order valence-corrected chi connectivity index (χ2v) is 10.0. The van der Waals surface area contributed by atoms with Gasteiger partial charge in [-0.05, 0) is 77.1 Å². The third-order valence-electron chi connectivity index (χ3n) is 7.41. The van der Waals surface area contributed by atoms with Gasteiger partial charge in [0.25, 0.3) is 0 Å². The maximum atomic E-state index is 5.29. The van der Waals surface area contributed by atoms with Gasteiger partial charge in [0.05, 0.1) is 17.4 Å². The van der Waals surface area contributed by atoms with Crippen molar-refractivity contribution in [1.82, 2.24) is 10.3 Å². The summed E-state index contributed by atoms with van der Waals surface area (Å²) in [5, 5.41) is 9.01. The van der Waals surface area contributed by atoms with Crippen LogP contribution in [0, 0.1) is 0 Å². The Labute approximate surface area is 238 Å². The van der Waals surface area contributed by atoms with Gasteiger partial charge in [0.1, 0.15) is 0 Å². The lowest BCUT2D eigenvalue weighted by molar-refractivity contribution is 0.678. The monoisotopic (exact) mass is 522 g/mol. The molecule has 200 valence electrons. The van der Waals surface area contributed by atoms with Crippen LogP contribution in [0.3, 0.4) is 0 Å². The van der Waals surface area contributed by atoms with Gasteiger partial charge >= 0.3 is 0 Å². The SMILES string of the molecule is C/C=C\CC=C(CC)/C(=C/CC)NC(c1cccc(-c2ccccc2)n1)c1c2ccccc2cc2ccccc12. The third kappa shape index (κ3) is 5.92. The lowest BCUT2D eigenvalue weighted by Crippen LogP contribution is -2.25. The van der Waals surface area contributed by atoms with Gasteiger partial charge in [-0.1, -0.05) is 123 Å². The molecule has 0 aliphatic rings. The van der Waals surface area contributed by atoms with Crippen LogP contribution in [-0.4, -0.2) is 4.98 Å². The Hall–Kier alpha value is -4.43. The van der Waals surface area contributed by atoms with Crippen LogP contribution >= 0.6 is 0 Å². The topological polar surface area (TPSA) is 24.9 Å². The lowest BCUT2D eigenvalue weighted by atomic mass is 9.89. The number of hydrogen-bond donors (Lipinski definition) is 1. The minimum atomic E-state index is -0.144. The van der Waals surface area contributed by atoms with Gasteiger partial charge in [0.15, 0.2) is 0 Å². The Balaban J connectivity index is 1.75. The molecule has 0 aliphatic carbocycles. The molecule has 0 saturated heterocycles. The van der Waals surface area contributed by atoms with Crippen molar-refractivity contribution in [3.05, 3.63) is 150 Å². The number of allylic oxidation sites excluding steroid dienone is 5. The van der Waals surface area contributed by atoms with Crippen molar-refractivity contribution < 1.29 is 0 Å². The number of aromatic nitrogens is 1. The van der Waals surface area contributed by atoms with E-state index in [0.717, 1.165) is 36.2 Å². The van der Waals surface area contributed by atoms with Crippen LogP contribution in [0.15, 0.2) is 139 Å². The molecular formula is C38H38N2. The maximum absolute atomic E-state index is 5.29. The summed E-state index contributed by atoms with van der Waals surface area (Å²) in [6.45, 7) is 6.52. The predicted molar refractivity (Wildman–Crippen MR) is 172 cm³/mol. The van der Waals surface area contributed by atoms with Gasteiger partial charge < -0.3 is 5.32 Å². The Bertz CT molecular complexity index is 1620. The number of nitrogens with zero attached hydrogens (tertiary/aromatic N) is 1. The molecule has 4 aromatic carbocycles. The molecule has 1 unspecified atom stereocenters. The molecule has 40 heavy (non-hydrogen) atoms. The standard InChI is InChI=1S/C38H38N2/c1-4-7-9-18-28(6-3)34(17-5-2)40-38(36-26-16-25-35(39-36)29-19-10-8-11-20-29)37-32-23-14-12-21-30(32)27-31-22-13-15-24-33(31)37/h4,7-8,10-27,38,40H,5-6,9H2,1-3H3/b7-4-,28-18?,34-17-. The molecule has 1 atom stereocenters. The van der Waals surface area contributed by atoms with E-state index in [2.05, 4.69) is 147 Å². The fourth-order valence-electron chi connectivity index (χ4n) is 5.47. The molecule has 1 aromatic heterocycles. The summed E-state index contributed by atoms with van der Waals surface area (Å²) in [7, 11) is 0. The summed E-state index contributed by atoms with van der Waals surface area (Å²) in [6, 6.07) is 36.5. The molecule has 0 fully saturated rings. The average molecular weight is 523 g/mol. The number of nitrogens with one attached hydrogen (secondary N) is 1. The van der Waals surface area contributed by atoms with E-state index in [0.29, 0.717) is 0 Å². The number of benzene rings is 4. The zero-order valence-electron chi connectivity index (χ0n) is 23.8. The van der Waals surface area contributed by atoms with Crippen LogP contribution < -0.4 is 5.32 Å². The molecule has 1 N–H and O–H groups in total. The molecule has 2 nitrogen and oxygen atoms in total. The van der Waals surface area contributed by atoms with Crippen LogP contribution in [0.1, 0.15) is 57.3 Å². The van der Waals surface area contributed by atoms with Crippen LogP contribution in [0.25, 0.3) is 32.8 Å². The predicted octanol–water partition coefficient (Wildman–Crippen LogP) is 10.3. The van der Waals surface area contributed by atoms with Gasteiger partial charge in [-0.2, -0.15) is 0 Å². The second kappa shape index (κ2) is 13.1. The maximum Gasteiger partial charge on any atom is 0.0952 e. The largest absolute Gasteiger partial charge is 0.373 e. The first-order valence-corrected chi connectivity index (χ1v) is 14.4. The molecule has 0 bridgehead atoms. The Kier molecular flexibility index (Phi) is 8.88. The van der Waals surface area contributed by atoms with Crippen molar-refractivity contribution in [2.24, 2.45) is 0 Å². The zero-order valence-corrected chi connectivity index (χ0v) is 23.8. The summed E-state index contributed by atoms with van der Waals surface area (Å²) in [5.41, 5.74) is 6.88. The van der Waals surface area contributed by atoms with Gasteiger partial charge in [0, 0.05) is 11.3 Å². The van der Waals surface area contributed by atoms with Gasteiger partial charge in [-0.3, -0.25) is 4.98 Å². The van der Waals surface area contributed by atoms with E-state index >= 15 is 0 Å². The van der Waals surface area contributed by atoms with E-state index in [1.54, 1.807) is 0 Å². The van der Waals surface area contributed by atoms with Crippen LogP contribution in [0.2, 0.25) is 0 Å². The third-order valence-corrected chi connectivity index (χ3v) is 7.41. The highest BCUT2D eigenvalue weighted by atomic mass is 15.0. The number of fused-ring (bicyclic) bond motifs is 2. The number of hydrogen-bond acceptors (Lipinski definition) is 2. The fraction of sp³-hybridized carbons (Fsp3) is 0.184. The van der Waals surface area contributed by atoms with Crippen molar-refractivity contribution in [2.45, 2.75) is 46.1 Å². The summed E-state index contributed by atoms with van der Waals surface area (Å²) in [4.78, 5) is 5.29. The Morgan fingerprint density at radius 3 is 2.10 bits per heavy atom.